The monoisotopic (exact) mass is 401 g/mol. The third-order valence-electron chi connectivity index (χ3n) is 2.99. The van der Waals surface area contributed by atoms with Crippen molar-refractivity contribution < 1.29 is 27.5 Å². The minimum atomic E-state index is -1.24. The Kier molecular flexibility index (Phi) is 5.61. The van der Waals surface area contributed by atoms with Crippen molar-refractivity contribution in [1.29, 1.82) is 0 Å². The number of hydrogen-bond acceptors (Lipinski definition) is 3. The van der Waals surface area contributed by atoms with E-state index in [9.17, 15) is 22.8 Å². The molecular weight excluding hydrogens is 391 g/mol. The molecule has 0 aliphatic carbocycles. The van der Waals surface area contributed by atoms with Gasteiger partial charge in [0.25, 0.3) is 5.91 Å². The average Bonchev–Trinajstić information content (AvgIpc) is 2.53. The van der Waals surface area contributed by atoms with Crippen LogP contribution in [0.1, 0.15) is 17.3 Å². The maximum Gasteiger partial charge on any atom is 0.340 e. The predicted molar refractivity (Wildman–Crippen MR) is 84.0 cm³/mol. The highest BCUT2D eigenvalue weighted by Crippen LogP contribution is 2.20. The Morgan fingerprint density at radius 3 is 2.46 bits per heavy atom. The zero-order chi connectivity index (χ0) is 17.9. The number of nitrogens with one attached hydrogen (secondary N) is 1. The topological polar surface area (TPSA) is 55.4 Å². The van der Waals surface area contributed by atoms with Crippen LogP contribution in [-0.4, -0.2) is 18.0 Å². The van der Waals surface area contributed by atoms with Crippen LogP contribution >= 0.6 is 15.9 Å². The van der Waals surface area contributed by atoms with Gasteiger partial charge < -0.3 is 10.1 Å². The van der Waals surface area contributed by atoms with Crippen LogP contribution in [0.25, 0.3) is 0 Å². The maximum absolute atomic E-state index is 13.2. The lowest BCUT2D eigenvalue weighted by molar-refractivity contribution is -0.123. The third kappa shape index (κ3) is 4.35. The number of benzene rings is 2. The van der Waals surface area contributed by atoms with E-state index in [2.05, 4.69) is 21.2 Å². The van der Waals surface area contributed by atoms with Crippen LogP contribution in [0.3, 0.4) is 0 Å². The van der Waals surface area contributed by atoms with Crippen LogP contribution in [-0.2, 0) is 9.53 Å². The molecule has 0 aliphatic heterocycles. The first-order chi connectivity index (χ1) is 11.3. The fourth-order valence-corrected chi connectivity index (χ4v) is 2.16. The minimum absolute atomic E-state index is 0.00809. The maximum atomic E-state index is 13.2. The van der Waals surface area contributed by atoms with Crippen LogP contribution < -0.4 is 5.32 Å². The summed E-state index contributed by atoms with van der Waals surface area (Å²) in [6, 6.07) is 6.26. The lowest BCUT2D eigenvalue weighted by Gasteiger charge is -2.14. The van der Waals surface area contributed by atoms with Gasteiger partial charge >= 0.3 is 5.97 Å². The Labute approximate surface area is 143 Å². The molecule has 0 spiro atoms. The van der Waals surface area contributed by atoms with E-state index < -0.39 is 35.4 Å². The van der Waals surface area contributed by atoms with Gasteiger partial charge in [-0.3, -0.25) is 4.79 Å². The van der Waals surface area contributed by atoms with Gasteiger partial charge in [-0.05, 0) is 53.2 Å². The van der Waals surface area contributed by atoms with Crippen LogP contribution in [0.4, 0.5) is 18.9 Å². The largest absolute Gasteiger partial charge is 0.449 e. The fourth-order valence-electron chi connectivity index (χ4n) is 1.75. The third-order valence-corrected chi connectivity index (χ3v) is 3.68. The second kappa shape index (κ2) is 7.48. The molecule has 4 nitrogen and oxygen atoms in total. The molecule has 0 aromatic heterocycles. The first kappa shape index (κ1) is 18.0. The van der Waals surface area contributed by atoms with Gasteiger partial charge in [-0.15, -0.1) is 0 Å². The molecule has 1 atom stereocenters. The molecule has 0 bridgehead atoms. The molecule has 0 saturated carbocycles. The smallest absolute Gasteiger partial charge is 0.340 e. The second-order valence-electron chi connectivity index (χ2n) is 4.79. The number of ether oxygens (including phenoxy) is 1. The van der Waals surface area contributed by atoms with Crippen molar-refractivity contribution in [2.24, 2.45) is 0 Å². The highest BCUT2D eigenvalue weighted by atomic mass is 79.9. The number of halogens is 4. The van der Waals surface area contributed by atoms with E-state index in [1.54, 1.807) is 0 Å². The summed E-state index contributed by atoms with van der Waals surface area (Å²) in [5, 5.41) is 2.28. The fraction of sp³-hybridized carbons (Fsp3) is 0.125. The summed E-state index contributed by atoms with van der Waals surface area (Å²) in [5.74, 6) is -4.47. The zero-order valence-electron chi connectivity index (χ0n) is 12.3. The van der Waals surface area contributed by atoms with E-state index in [4.69, 9.17) is 4.74 Å². The molecule has 2 rings (SSSR count). The van der Waals surface area contributed by atoms with Gasteiger partial charge in [0.2, 0.25) is 0 Å². The molecule has 0 fully saturated rings. The highest BCUT2D eigenvalue weighted by Gasteiger charge is 2.21. The van der Waals surface area contributed by atoms with Crippen LogP contribution in [0, 0.1) is 17.5 Å². The SMILES string of the molecule is C[C@H](OC(=O)c1cc(F)ccc1Br)C(=O)Nc1ccc(F)c(F)c1. The van der Waals surface area contributed by atoms with Crippen molar-refractivity contribution in [1.82, 2.24) is 0 Å². The summed E-state index contributed by atoms with van der Waals surface area (Å²) in [6.07, 6.45) is -1.24. The van der Waals surface area contributed by atoms with Crippen molar-refractivity contribution in [2.75, 3.05) is 5.32 Å². The first-order valence-corrected chi connectivity index (χ1v) is 7.49. The van der Waals surface area contributed by atoms with E-state index in [-0.39, 0.29) is 11.3 Å². The average molecular weight is 402 g/mol. The molecule has 126 valence electrons. The molecular formula is C16H11BrF3NO3. The second-order valence-corrected chi connectivity index (χ2v) is 5.64. The molecule has 24 heavy (non-hydrogen) atoms. The number of esters is 1. The number of anilines is 1. The minimum Gasteiger partial charge on any atom is -0.449 e. The Morgan fingerprint density at radius 2 is 1.79 bits per heavy atom. The van der Waals surface area contributed by atoms with Crippen molar-refractivity contribution in [2.45, 2.75) is 13.0 Å². The van der Waals surface area contributed by atoms with Crippen molar-refractivity contribution in [3.05, 3.63) is 63.9 Å². The van der Waals surface area contributed by atoms with Crippen LogP contribution in [0.15, 0.2) is 40.9 Å². The normalized spacial score (nSPS) is 11.7. The van der Waals surface area contributed by atoms with Crippen molar-refractivity contribution in [3.63, 3.8) is 0 Å². The number of rotatable bonds is 4. The lowest BCUT2D eigenvalue weighted by atomic mass is 10.2. The van der Waals surface area contributed by atoms with Gasteiger partial charge in [-0.25, -0.2) is 18.0 Å². The molecule has 2 aromatic carbocycles. The summed E-state index contributed by atoms with van der Waals surface area (Å²) in [6.45, 7) is 1.29. The lowest BCUT2D eigenvalue weighted by Crippen LogP contribution is -2.30. The predicted octanol–water partition coefficient (Wildman–Crippen LogP) is 4.05. The van der Waals surface area contributed by atoms with Crippen molar-refractivity contribution in [3.8, 4) is 0 Å². The van der Waals surface area contributed by atoms with E-state index >= 15 is 0 Å². The molecule has 1 amide bonds. The summed E-state index contributed by atoms with van der Waals surface area (Å²) in [4.78, 5) is 23.9. The van der Waals surface area contributed by atoms with Gasteiger partial charge in [0.05, 0.1) is 5.56 Å². The van der Waals surface area contributed by atoms with E-state index in [0.29, 0.717) is 4.47 Å². The van der Waals surface area contributed by atoms with Gasteiger partial charge in [0.15, 0.2) is 17.7 Å². The van der Waals surface area contributed by atoms with Crippen LogP contribution in [0.5, 0.6) is 0 Å². The van der Waals surface area contributed by atoms with Crippen LogP contribution in [0.2, 0.25) is 0 Å². The summed E-state index contributed by atoms with van der Waals surface area (Å²) in [5.41, 5.74) is -0.0730. The first-order valence-electron chi connectivity index (χ1n) is 6.70. The summed E-state index contributed by atoms with van der Waals surface area (Å²) < 4.78 is 44.4. The van der Waals surface area contributed by atoms with Gasteiger partial charge in [-0.1, -0.05) is 0 Å². The molecule has 1 N–H and O–H groups in total. The van der Waals surface area contributed by atoms with Gasteiger partial charge in [0.1, 0.15) is 5.82 Å². The Bertz CT molecular complexity index is 798. The zero-order valence-corrected chi connectivity index (χ0v) is 13.9. The van der Waals surface area contributed by atoms with Crippen molar-refractivity contribution >= 4 is 33.5 Å². The highest BCUT2D eigenvalue weighted by molar-refractivity contribution is 9.10. The molecule has 0 heterocycles. The Balaban J connectivity index is 2.04. The standard InChI is InChI=1S/C16H11BrF3NO3/c1-8(15(22)21-10-3-5-13(19)14(20)7-10)24-16(23)11-6-9(18)2-4-12(11)17/h2-8H,1H3,(H,21,22)/t8-/m0/s1. The van der Waals surface area contributed by atoms with Gasteiger partial charge in [0, 0.05) is 16.2 Å². The quantitative estimate of drug-likeness (QED) is 0.786. The molecule has 8 heteroatoms. The Hall–Kier alpha value is -2.35. The van der Waals surface area contributed by atoms with E-state index in [0.717, 1.165) is 30.3 Å². The van der Waals surface area contributed by atoms with E-state index in [1.165, 1.54) is 13.0 Å². The number of amides is 1. The van der Waals surface area contributed by atoms with Gasteiger partial charge in [-0.2, -0.15) is 0 Å². The summed E-state index contributed by atoms with van der Waals surface area (Å²) >= 11 is 3.08. The number of carbonyl (C=O) groups excluding carboxylic acids is 2. The molecule has 0 unspecified atom stereocenters. The molecule has 2 aromatic rings. The molecule has 0 radical (unpaired) electrons. The van der Waals surface area contributed by atoms with E-state index in [1.807, 2.05) is 0 Å². The molecule has 0 saturated heterocycles. The number of hydrogen-bond donors (Lipinski definition) is 1. The summed E-state index contributed by atoms with van der Waals surface area (Å²) in [7, 11) is 0. The Morgan fingerprint density at radius 1 is 1.08 bits per heavy atom. The molecule has 0 aliphatic rings. The number of carbonyl (C=O) groups is 2.